The molecule has 3 heterocycles. The Morgan fingerprint density at radius 1 is 1.22 bits per heavy atom. The lowest BCUT2D eigenvalue weighted by Gasteiger charge is -2.29. The molecule has 1 aromatic heterocycles. The van der Waals surface area contributed by atoms with Gasteiger partial charge in [-0.2, -0.15) is 5.10 Å². The molecule has 1 fully saturated rings. The summed E-state index contributed by atoms with van der Waals surface area (Å²) in [5, 5.41) is 8.37. The first-order chi connectivity index (χ1) is 8.75. The van der Waals surface area contributed by atoms with Gasteiger partial charge < -0.3 is 10.2 Å². The second-order valence-electron chi connectivity index (χ2n) is 5.82. The van der Waals surface area contributed by atoms with Crippen molar-refractivity contribution in [2.45, 2.75) is 38.0 Å². The third-order valence-corrected chi connectivity index (χ3v) is 4.33. The minimum atomic E-state index is 0.638. The Hall–Kier alpha value is -1.03. The van der Waals surface area contributed by atoms with Crippen molar-refractivity contribution in [3.63, 3.8) is 0 Å². The van der Waals surface area contributed by atoms with Gasteiger partial charge in [-0.1, -0.05) is 0 Å². The van der Waals surface area contributed by atoms with Crippen LogP contribution in [-0.4, -0.2) is 41.4 Å². The highest BCUT2D eigenvalue weighted by atomic mass is 15.3. The summed E-state index contributed by atoms with van der Waals surface area (Å²) >= 11 is 0. The number of piperidine rings is 1. The monoisotopic (exact) mass is 248 g/mol. The zero-order valence-corrected chi connectivity index (χ0v) is 11.6. The molecule has 2 aliphatic heterocycles. The van der Waals surface area contributed by atoms with Crippen molar-refractivity contribution < 1.29 is 0 Å². The third-order valence-electron chi connectivity index (χ3n) is 4.33. The average molecular weight is 248 g/mol. The van der Waals surface area contributed by atoms with E-state index in [4.69, 9.17) is 5.10 Å². The molecule has 1 atom stereocenters. The standard InChI is InChI=1S/C14H24N4/c1-17-9-5-6-11(10-17)13-12-7-3-4-8-15-14(12)18(2)16-13/h11,15H,3-10H2,1-2H3/t11-/m1/s1. The van der Waals surface area contributed by atoms with Gasteiger partial charge in [0.2, 0.25) is 0 Å². The Morgan fingerprint density at radius 3 is 2.94 bits per heavy atom. The summed E-state index contributed by atoms with van der Waals surface area (Å²) in [6.07, 6.45) is 6.37. The summed E-state index contributed by atoms with van der Waals surface area (Å²) in [5.41, 5.74) is 2.86. The number of hydrogen-bond acceptors (Lipinski definition) is 3. The maximum Gasteiger partial charge on any atom is 0.127 e. The minimum absolute atomic E-state index is 0.638. The lowest BCUT2D eigenvalue weighted by molar-refractivity contribution is 0.247. The lowest BCUT2D eigenvalue weighted by Crippen LogP contribution is -2.31. The van der Waals surface area contributed by atoms with Crippen molar-refractivity contribution in [3.05, 3.63) is 11.3 Å². The van der Waals surface area contributed by atoms with E-state index in [1.54, 1.807) is 0 Å². The van der Waals surface area contributed by atoms with Crippen LogP contribution in [0.4, 0.5) is 5.82 Å². The fourth-order valence-corrected chi connectivity index (χ4v) is 3.41. The Morgan fingerprint density at radius 2 is 2.11 bits per heavy atom. The van der Waals surface area contributed by atoms with E-state index in [-0.39, 0.29) is 0 Å². The number of rotatable bonds is 1. The summed E-state index contributed by atoms with van der Waals surface area (Å²) in [6, 6.07) is 0. The van der Waals surface area contributed by atoms with E-state index >= 15 is 0 Å². The van der Waals surface area contributed by atoms with Gasteiger partial charge in [0.05, 0.1) is 5.69 Å². The van der Waals surface area contributed by atoms with Gasteiger partial charge in [0, 0.05) is 31.6 Å². The topological polar surface area (TPSA) is 33.1 Å². The van der Waals surface area contributed by atoms with Crippen molar-refractivity contribution in [3.8, 4) is 0 Å². The molecule has 0 bridgehead atoms. The van der Waals surface area contributed by atoms with E-state index in [2.05, 4.69) is 29.0 Å². The number of nitrogens with one attached hydrogen (secondary N) is 1. The van der Waals surface area contributed by atoms with Crippen LogP contribution in [0.2, 0.25) is 0 Å². The van der Waals surface area contributed by atoms with Crippen molar-refractivity contribution in [2.75, 3.05) is 32.0 Å². The molecule has 0 aliphatic carbocycles. The van der Waals surface area contributed by atoms with Crippen LogP contribution < -0.4 is 5.32 Å². The molecule has 4 heteroatoms. The van der Waals surface area contributed by atoms with Crippen LogP contribution in [0.25, 0.3) is 0 Å². The molecule has 1 aromatic rings. The summed E-state index contributed by atoms with van der Waals surface area (Å²) < 4.78 is 2.06. The molecule has 0 saturated carbocycles. The molecule has 0 unspecified atom stereocenters. The lowest BCUT2D eigenvalue weighted by atomic mass is 9.91. The number of aryl methyl sites for hydroxylation is 1. The Kier molecular flexibility index (Phi) is 3.29. The Balaban J connectivity index is 1.91. The van der Waals surface area contributed by atoms with E-state index in [9.17, 15) is 0 Å². The average Bonchev–Trinajstić information content (AvgIpc) is 2.55. The summed E-state index contributed by atoms with van der Waals surface area (Å²) in [6.45, 7) is 3.50. The number of likely N-dealkylation sites (tertiary alicyclic amines) is 1. The van der Waals surface area contributed by atoms with Crippen LogP contribution in [0.5, 0.6) is 0 Å². The number of hydrogen-bond donors (Lipinski definition) is 1. The van der Waals surface area contributed by atoms with E-state index in [0.717, 1.165) is 6.54 Å². The molecule has 1 N–H and O–H groups in total. The molecule has 3 rings (SSSR count). The molecule has 100 valence electrons. The van der Waals surface area contributed by atoms with Crippen molar-refractivity contribution in [1.82, 2.24) is 14.7 Å². The van der Waals surface area contributed by atoms with Crippen LogP contribution in [0.1, 0.15) is 42.9 Å². The first kappa shape index (κ1) is 12.0. The fraction of sp³-hybridized carbons (Fsp3) is 0.786. The highest BCUT2D eigenvalue weighted by molar-refractivity contribution is 5.50. The number of nitrogens with zero attached hydrogens (tertiary/aromatic N) is 3. The number of fused-ring (bicyclic) bond motifs is 1. The van der Waals surface area contributed by atoms with Crippen molar-refractivity contribution >= 4 is 5.82 Å². The second-order valence-corrected chi connectivity index (χ2v) is 5.82. The van der Waals surface area contributed by atoms with E-state index in [1.807, 2.05) is 0 Å². The van der Waals surface area contributed by atoms with Crippen LogP contribution >= 0.6 is 0 Å². The normalized spacial score (nSPS) is 25.3. The summed E-state index contributed by atoms with van der Waals surface area (Å²) in [5.74, 6) is 1.91. The van der Waals surface area contributed by atoms with Crippen molar-refractivity contribution in [1.29, 1.82) is 0 Å². The van der Waals surface area contributed by atoms with Gasteiger partial charge in [0.15, 0.2) is 0 Å². The molecular formula is C14H24N4. The quantitative estimate of drug-likeness (QED) is 0.825. The molecule has 18 heavy (non-hydrogen) atoms. The predicted molar refractivity (Wildman–Crippen MR) is 74.1 cm³/mol. The van der Waals surface area contributed by atoms with Crippen LogP contribution in [0.3, 0.4) is 0 Å². The summed E-state index contributed by atoms with van der Waals surface area (Å²) in [4.78, 5) is 2.44. The zero-order valence-electron chi connectivity index (χ0n) is 11.6. The molecule has 1 saturated heterocycles. The van der Waals surface area contributed by atoms with Gasteiger partial charge in [-0.15, -0.1) is 0 Å². The first-order valence-electron chi connectivity index (χ1n) is 7.24. The largest absolute Gasteiger partial charge is 0.370 e. The molecule has 4 nitrogen and oxygen atoms in total. The SMILES string of the molecule is CN1CCC[C@@H](c2nn(C)c3c2CCCCN3)C1. The fourth-order valence-electron chi connectivity index (χ4n) is 3.41. The van der Waals surface area contributed by atoms with E-state index < -0.39 is 0 Å². The highest BCUT2D eigenvalue weighted by Gasteiger charge is 2.27. The van der Waals surface area contributed by atoms with Gasteiger partial charge in [-0.05, 0) is 45.7 Å². The molecule has 0 aromatic carbocycles. The molecule has 0 amide bonds. The van der Waals surface area contributed by atoms with Gasteiger partial charge in [-0.3, -0.25) is 4.68 Å². The Labute approximate surface area is 109 Å². The smallest absolute Gasteiger partial charge is 0.127 e. The molecule has 0 radical (unpaired) electrons. The number of aromatic nitrogens is 2. The van der Waals surface area contributed by atoms with Gasteiger partial charge in [0.1, 0.15) is 5.82 Å². The second kappa shape index (κ2) is 4.92. The molecular weight excluding hydrogens is 224 g/mol. The van der Waals surface area contributed by atoms with Gasteiger partial charge in [0.25, 0.3) is 0 Å². The van der Waals surface area contributed by atoms with Crippen LogP contribution in [0, 0.1) is 0 Å². The predicted octanol–water partition coefficient (Wildman–Crippen LogP) is 1.98. The van der Waals surface area contributed by atoms with E-state index in [1.165, 1.54) is 62.3 Å². The van der Waals surface area contributed by atoms with Gasteiger partial charge >= 0.3 is 0 Å². The number of likely N-dealkylation sites (N-methyl/N-ethyl adjacent to an activating group) is 1. The maximum absolute atomic E-state index is 4.82. The van der Waals surface area contributed by atoms with Crippen molar-refractivity contribution in [2.24, 2.45) is 7.05 Å². The summed E-state index contributed by atoms with van der Waals surface area (Å²) in [7, 11) is 4.30. The van der Waals surface area contributed by atoms with E-state index in [0.29, 0.717) is 5.92 Å². The van der Waals surface area contributed by atoms with Gasteiger partial charge in [-0.25, -0.2) is 0 Å². The van der Waals surface area contributed by atoms with Crippen LogP contribution in [-0.2, 0) is 13.5 Å². The number of anilines is 1. The first-order valence-corrected chi connectivity index (χ1v) is 7.24. The van der Waals surface area contributed by atoms with Crippen LogP contribution in [0.15, 0.2) is 0 Å². The molecule has 0 spiro atoms. The maximum atomic E-state index is 4.82. The highest BCUT2D eigenvalue weighted by Crippen LogP contribution is 2.33. The third kappa shape index (κ3) is 2.14. The Bertz CT molecular complexity index is 424. The minimum Gasteiger partial charge on any atom is -0.370 e. The zero-order chi connectivity index (χ0) is 12.5. The molecule has 2 aliphatic rings.